The molecule has 256 valence electrons. The van der Waals surface area contributed by atoms with E-state index in [2.05, 4.69) is 26.6 Å². The van der Waals surface area contributed by atoms with Crippen LogP contribution in [0.25, 0.3) is 0 Å². The highest BCUT2D eigenvalue weighted by Crippen LogP contribution is 2.10. The van der Waals surface area contributed by atoms with Crippen LogP contribution in [0.1, 0.15) is 38.3 Å². The van der Waals surface area contributed by atoms with Crippen molar-refractivity contribution in [3.05, 3.63) is 71.5 Å². The van der Waals surface area contributed by atoms with Crippen molar-refractivity contribution in [2.75, 3.05) is 25.1 Å². The zero-order valence-electron chi connectivity index (χ0n) is 26.9. The van der Waals surface area contributed by atoms with Crippen LogP contribution in [0.15, 0.2) is 54.6 Å². The van der Waals surface area contributed by atoms with Gasteiger partial charge in [-0.2, -0.15) is 11.8 Å². The summed E-state index contributed by atoms with van der Waals surface area (Å²) in [6, 6.07) is 11.1. The number of nitrogens with two attached hydrogens (primary N) is 1. The number of thioether (sulfide) groups is 1. The van der Waals surface area contributed by atoms with Gasteiger partial charge in [-0.25, -0.2) is 9.18 Å². The normalized spacial score (nSPS) is 12.9. The predicted octanol–water partition coefficient (Wildman–Crippen LogP) is 0.945. The smallest absolute Gasteiger partial charge is 0.408 e. The Morgan fingerprint density at radius 1 is 0.766 bits per heavy atom. The number of hydrogen-bond donors (Lipinski definition) is 6. The van der Waals surface area contributed by atoms with Crippen LogP contribution < -0.4 is 32.3 Å². The summed E-state index contributed by atoms with van der Waals surface area (Å²) in [7, 11) is 0. The summed E-state index contributed by atoms with van der Waals surface area (Å²) in [5.41, 5.74) is 5.91. The molecular weight excluding hydrogens is 631 g/mol. The van der Waals surface area contributed by atoms with Gasteiger partial charge in [0.15, 0.2) is 0 Å². The lowest BCUT2D eigenvalue weighted by molar-refractivity contribution is -0.132. The minimum absolute atomic E-state index is 0.0197. The minimum Gasteiger partial charge on any atom is -0.444 e. The monoisotopic (exact) mass is 674 g/mol. The summed E-state index contributed by atoms with van der Waals surface area (Å²) >= 11 is 1.49. The third-order valence-corrected chi connectivity index (χ3v) is 7.08. The fourth-order valence-corrected chi connectivity index (χ4v) is 4.62. The molecule has 0 heterocycles. The second-order valence-electron chi connectivity index (χ2n) is 11.6. The number of rotatable bonds is 17. The Morgan fingerprint density at radius 2 is 1.34 bits per heavy atom. The Morgan fingerprint density at radius 3 is 1.91 bits per heavy atom. The largest absolute Gasteiger partial charge is 0.444 e. The molecule has 0 aliphatic carbocycles. The summed E-state index contributed by atoms with van der Waals surface area (Å²) in [6.45, 7) is 3.91. The first-order valence-corrected chi connectivity index (χ1v) is 16.3. The van der Waals surface area contributed by atoms with Crippen LogP contribution in [0, 0.1) is 5.82 Å². The van der Waals surface area contributed by atoms with Gasteiger partial charge in [0, 0.05) is 12.8 Å². The van der Waals surface area contributed by atoms with Crippen molar-refractivity contribution in [3.8, 4) is 0 Å². The van der Waals surface area contributed by atoms with E-state index in [1.807, 2.05) is 6.26 Å². The first kappa shape index (κ1) is 38.5. The molecule has 0 aliphatic heterocycles. The maximum absolute atomic E-state index is 13.4. The summed E-state index contributed by atoms with van der Waals surface area (Å²) in [4.78, 5) is 75.6. The topological polar surface area (TPSA) is 198 Å². The molecule has 1 unspecified atom stereocenters. The third-order valence-electron chi connectivity index (χ3n) is 6.43. The first-order valence-electron chi connectivity index (χ1n) is 14.9. The van der Waals surface area contributed by atoms with Crippen LogP contribution in [-0.2, 0) is 41.6 Å². The van der Waals surface area contributed by atoms with Gasteiger partial charge >= 0.3 is 6.09 Å². The Balaban J connectivity index is 1.99. The van der Waals surface area contributed by atoms with Crippen LogP contribution in [0.5, 0.6) is 0 Å². The standard InChI is InChI=1S/C32H43FN6O7S/c1-32(2,3)46-31(45)39-24(17-21-10-12-22(33)13-11-21)29(43)36-18-26(40)35-19-27(41)37-25(16-20-8-6-5-7-9-20)30(44)38-23(28(34)42)14-15-47-4/h5-13,23-25H,14-19H2,1-4H3,(H2,34,42)(H,35,40)(H,36,43)(H,37,41)(H,38,44)(H,39,45)/t23-,24+,25?/m0/s1. The van der Waals surface area contributed by atoms with E-state index in [1.165, 1.54) is 36.0 Å². The van der Waals surface area contributed by atoms with E-state index in [-0.39, 0.29) is 12.8 Å². The molecule has 3 atom stereocenters. The van der Waals surface area contributed by atoms with Crippen LogP contribution in [-0.4, -0.2) is 84.5 Å². The fourth-order valence-electron chi connectivity index (χ4n) is 4.15. The van der Waals surface area contributed by atoms with E-state index >= 15 is 0 Å². The van der Waals surface area contributed by atoms with Crippen LogP contribution in [0.3, 0.4) is 0 Å². The Hall–Kier alpha value is -4.66. The number of primary amides is 1. The van der Waals surface area contributed by atoms with Crippen LogP contribution in [0.2, 0.25) is 0 Å². The number of nitrogens with one attached hydrogen (secondary N) is 5. The molecule has 0 saturated carbocycles. The summed E-state index contributed by atoms with van der Waals surface area (Å²) < 4.78 is 18.6. The lowest BCUT2D eigenvalue weighted by Crippen LogP contribution is -2.55. The highest BCUT2D eigenvalue weighted by molar-refractivity contribution is 7.98. The quantitative estimate of drug-likeness (QED) is 0.143. The minimum atomic E-state index is -1.16. The molecule has 0 spiro atoms. The number of halogens is 1. The van der Waals surface area contributed by atoms with E-state index in [4.69, 9.17) is 10.5 Å². The average Bonchev–Trinajstić information content (AvgIpc) is 3.00. The molecule has 7 N–H and O–H groups in total. The summed E-state index contributed by atoms with van der Waals surface area (Å²) in [5, 5.41) is 12.4. The van der Waals surface area contributed by atoms with E-state index in [0.29, 0.717) is 17.7 Å². The van der Waals surface area contributed by atoms with Gasteiger partial charge in [0.25, 0.3) is 0 Å². The van der Waals surface area contributed by atoms with Gasteiger partial charge in [-0.15, -0.1) is 0 Å². The number of alkyl carbamates (subject to hydrolysis) is 1. The van der Waals surface area contributed by atoms with Gasteiger partial charge in [-0.3, -0.25) is 24.0 Å². The summed E-state index contributed by atoms with van der Waals surface area (Å²) in [5.74, 6) is -3.34. The maximum Gasteiger partial charge on any atom is 0.408 e. The molecule has 2 aromatic carbocycles. The molecule has 2 aromatic rings. The van der Waals surface area contributed by atoms with Gasteiger partial charge < -0.3 is 37.1 Å². The molecule has 0 saturated heterocycles. The molecular formula is C32H43FN6O7S. The molecule has 0 aliphatic rings. The average molecular weight is 675 g/mol. The number of carbonyl (C=O) groups is 6. The van der Waals surface area contributed by atoms with Gasteiger partial charge in [-0.05, 0) is 62.5 Å². The molecule has 6 amide bonds. The zero-order chi connectivity index (χ0) is 35.0. The van der Waals surface area contributed by atoms with Crippen molar-refractivity contribution < 1.29 is 37.9 Å². The number of amides is 6. The van der Waals surface area contributed by atoms with E-state index in [0.717, 1.165) is 5.56 Å². The number of ether oxygens (including phenoxy) is 1. The molecule has 15 heteroatoms. The molecule has 0 bridgehead atoms. The van der Waals surface area contributed by atoms with E-state index in [9.17, 15) is 33.2 Å². The Kier molecular flexibility index (Phi) is 15.7. The van der Waals surface area contributed by atoms with Crippen molar-refractivity contribution in [1.29, 1.82) is 0 Å². The lowest BCUT2D eigenvalue weighted by Gasteiger charge is -2.23. The molecule has 13 nitrogen and oxygen atoms in total. The highest BCUT2D eigenvalue weighted by atomic mass is 32.2. The molecule has 0 radical (unpaired) electrons. The lowest BCUT2D eigenvalue weighted by atomic mass is 10.0. The first-order chi connectivity index (χ1) is 22.2. The van der Waals surface area contributed by atoms with Crippen molar-refractivity contribution in [2.45, 2.75) is 63.8 Å². The zero-order valence-corrected chi connectivity index (χ0v) is 27.7. The predicted molar refractivity (Wildman–Crippen MR) is 175 cm³/mol. The van der Waals surface area contributed by atoms with E-state index in [1.54, 1.807) is 51.1 Å². The second-order valence-corrected chi connectivity index (χ2v) is 12.6. The van der Waals surface area contributed by atoms with Gasteiger partial charge in [-0.1, -0.05) is 42.5 Å². The summed E-state index contributed by atoms with van der Waals surface area (Å²) in [6.07, 6.45) is 1.39. The van der Waals surface area contributed by atoms with Gasteiger partial charge in [0.2, 0.25) is 29.5 Å². The highest BCUT2D eigenvalue weighted by Gasteiger charge is 2.27. The van der Waals surface area contributed by atoms with Crippen LogP contribution in [0.4, 0.5) is 9.18 Å². The fraction of sp³-hybridized carbons (Fsp3) is 0.438. The van der Waals surface area contributed by atoms with Crippen molar-refractivity contribution >= 4 is 47.4 Å². The van der Waals surface area contributed by atoms with Gasteiger partial charge in [0.05, 0.1) is 13.1 Å². The third kappa shape index (κ3) is 15.5. The number of benzene rings is 2. The van der Waals surface area contributed by atoms with Crippen molar-refractivity contribution in [3.63, 3.8) is 0 Å². The Labute approximate surface area is 277 Å². The molecule has 0 aromatic heterocycles. The van der Waals surface area contributed by atoms with Crippen LogP contribution >= 0.6 is 11.8 Å². The molecule has 0 fully saturated rings. The van der Waals surface area contributed by atoms with Crippen molar-refractivity contribution in [2.24, 2.45) is 5.73 Å². The van der Waals surface area contributed by atoms with Gasteiger partial charge in [0.1, 0.15) is 29.5 Å². The van der Waals surface area contributed by atoms with E-state index < -0.39 is 78.3 Å². The molecule has 47 heavy (non-hydrogen) atoms. The Bertz CT molecular complexity index is 1370. The second kappa shape index (κ2) is 19.1. The number of hydrogen-bond acceptors (Lipinski definition) is 8. The number of carbonyl (C=O) groups excluding carboxylic acids is 6. The SMILES string of the molecule is CSCC[C@H](NC(=O)C(Cc1ccccc1)NC(=O)CNC(=O)CNC(=O)[C@@H](Cc1ccc(F)cc1)NC(=O)OC(C)(C)C)C(N)=O. The maximum atomic E-state index is 13.4. The molecule has 2 rings (SSSR count). The van der Waals surface area contributed by atoms with Crippen molar-refractivity contribution in [1.82, 2.24) is 26.6 Å².